The molecule has 0 aromatic heterocycles. The summed E-state index contributed by atoms with van der Waals surface area (Å²) in [5.41, 5.74) is 0.992. The average Bonchev–Trinajstić information content (AvgIpc) is 2.99. The van der Waals surface area contributed by atoms with E-state index in [1.807, 2.05) is 39.0 Å². The Hall–Kier alpha value is -2.26. The van der Waals surface area contributed by atoms with E-state index in [4.69, 9.17) is 4.74 Å². The molecule has 35 heavy (non-hydrogen) atoms. The maximum absolute atomic E-state index is 13.1. The van der Waals surface area contributed by atoms with Gasteiger partial charge in [0, 0.05) is 20.2 Å². The second-order valence-electron chi connectivity index (χ2n) is 10.3. The third-order valence-corrected chi connectivity index (χ3v) is 6.15. The molecule has 0 spiro atoms. The zero-order chi connectivity index (χ0) is 26.0. The summed E-state index contributed by atoms with van der Waals surface area (Å²) >= 11 is 0. The number of hydrogen-bond donors (Lipinski definition) is 4. The van der Waals surface area contributed by atoms with Gasteiger partial charge in [-0.3, -0.25) is 9.59 Å². The smallest absolute Gasteiger partial charge is 0.252 e. The first kappa shape index (κ1) is 29.0. The lowest BCUT2D eigenvalue weighted by molar-refractivity contribution is -0.151. The van der Waals surface area contributed by atoms with E-state index in [9.17, 15) is 24.9 Å². The van der Waals surface area contributed by atoms with Gasteiger partial charge in [0.2, 0.25) is 5.91 Å². The number of aliphatic hydroxyl groups excluding tert-OH is 3. The van der Waals surface area contributed by atoms with Gasteiger partial charge in [-0.25, -0.2) is 0 Å². The first-order valence-corrected chi connectivity index (χ1v) is 12.4. The number of ether oxygens (including phenoxy) is 1. The zero-order valence-electron chi connectivity index (χ0n) is 21.4. The Morgan fingerprint density at radius 2 is 1.86 bits per heavy atom. The third kappa shape index (κ3) is 9.37. The Morgan fingerprint density at radius 3 is 2.49 bits per heavy atom. The summed E-state index contributed by atoms with van der Waals surface area (Å²) in [6.07, 6.45) is 0.783. The van der Waals surface area contributed by atoms with E-state index in [0.717, 1.165) is 25.7 Å². The van der Waals surface area contributed by atoms with E-state index < -0.39 is 36.4 Å². The van der Waals surface area contributed by atoms with E-state index in [-0.39, 0.29) is 11.3 Å². The van der Waals surface area contributed by atoms with E-state index in [1.165, 1.54) is 18.7 Å². The number of likely N-dealkylation sites (tertiary alicyclic amines) is 1. The lowest BCUT2D eigenvalue weighted by atomic mass is 9.94. The summed E-state index contributed by atoms with van der Waals surface area (Å²) in [6.45, 7) is 7.03. The topological polar surface area (TPSA) is 119 Å². The van der Waals surface area contributed by atoms with Crippen LogP contribution >= 0.6 is 0 Å². The minimum atomic E-state index is -1.68. The third-order valence-electron chi connectivity index (χ3n) is 6.15. The highest BCUT2D eigenvalue weighted by atomic mass is 16.5. The fourth-order valence-corrected chi connectivity index (χ4v) is 4.12. The van der Waals surface area contributed by atoms with Crippen molar-refractivity contribution in [1.29, 1.82) is 0 Å². The molecule has 196 valence electrons. The SMILES string of the molecule is CO[C@@H](C(=O)NC1CCCCN(CCCc2ccccc2)C1=O)[C@H](O)[C@@H](O)[C@H](O)/C=C/C(C)(C)C. The number of benzene rings is 1. The lowest BCUT2D eigenvalue weighted by Crippen LogP contribution is -2.55. The minimum Gasteiger partial charge on any atom is -0.387 e. The lowest BCUT2D eigenvalue weighted by Gasteiger charge is -2.29. The molecule has 1 unspecified atom stereocenters. The Kier molecular flexibility index (Phi) is 11.4. The molecule has 1 saturated heterocycles. The second kappa shape index (κ2) is 13.7. The van der Waals surface area contributed by atoms with Gasteiger partial charge in [-0.05, 0) is 43.1 Å². The standard InChI is InChI=1S/C27H42N2O6/c1-27(2,3)16-15-21(30)22(31)23(32)24(35-4)25(33)28-20-14-8-9-17-29(26(20)34)18-10-13-19-11-6-5-7-12-19/h5-7,11-12,15-16,20-24,30-32H,8-10,13-14,17-18H2,1-4H3,(H,28,33)/b16-15+/t20?,21-,22+,23-,24-/m1/s1. The normalized spacial score (nSPS) is 20.8. The van der Waals surface area contributed by atoms with E-state index in [0.29, 0.717) is 19.5 Å². The van der Waals surface area contributed by atoms with Gasteiger partial charge in [0.15, 0.2) is 6.10 Å². The maximum atomic E-state index is 13.1. The van der Waals surface area contributed by atoms with Gasteiger partial charge in [-0.15, -0.1) is 0 Å². The Labute approximate surface area is 209 Å². The van der Waals surface area contributed by atoms with Crippen LogP contribution in [0.3, 0.4) is 0 Å². The zero-order valence-corrected chi connectivity index (χ0v) is 21.4. The number of aryl methyl sites for hydroxylation is 1. The van der Waals surface area contributed by atoms with Crippen molar-refractivity contribution >= 4 is 11.8 Å². The number of allylic oxidation sites excluding steroid dienone is 1. The quantitative estimate of drug-likeness (QED) is 0.351. The number of nitrogens with zero attached hydrogens (tertiary/aromatic N) is 1. The van der Waals surface area contributed by atoms with Crippen LogP contribution in [0.25, 0.3) is 0 Å². The Bertz CT molecular complexity index is 823. The maximum Gasteiger partial charge on any atom is 0.252 e. The van der Waals surface area contributed by atoms with Crippen LogP contribution in [0.4, 0.5) is 0 Å². The first-order valence-electron chi connectivity index (χ1n) is 12.4. The summed E-state index contributed by atoms with van der Waals surface area (Å²) in [6, 6.07) is 9.36. The Morgan fingerprint density at radius 1 is 1.17 bits per heavy atom. The highest BCUT2D eigenvalue weighted by Gasteiger charge is 2.37. The molecule has 1 aliphatic heterocycles. The predicted octanol–water partition coefficient (Wildman–Crippen LogP) is 1.82. The van der Waals surface area contributed by atoms with Crippen LogP contribution in [0.5, 0.6) is 0 Å². The largest absolute Gasteiger partial charge is 0.387 e. The summed E-state index contributed by atoms with van der Waals surface area (Å²) in [5, 5.41) is 33.9. The fourth-order valence-electron chi connectivity index (χ4n) is 4.12. The minimum absolute atomic E-state index is 0.151. The van der Waals surface area contributed by atoms with Crippen LogP contribution in [0, 0.1) is 5.41 Å². The van der Waals surface area contributed by atoms with Crippen molar-refractivity contribution in [3.8, 4) is 0 Å². The number of amides is 2. The molecule has 1 aliphatic rings. The number of carbonyl (C=O) groups is 2. The molecule has 5 atom stereocenters. The fraction of sp³-hybridized carbons (Fsp3) is 0.630. The average molecular weight is 491 g/mol. The Balaban J connectivity index is 1.97. The molecular formula is C27H42N2O6. The van der Waals surface area contributed by atoms with Crippen molar-refractivity contribution in [2.75, 3.05) is 20.2 Å². The molecule has 8 heteroatoms. The predicted molar refractivity (Wildman–Crippen MR) is 135 cm³/mol. The van der Waals surface area contributed by atoms with Crippen molar-refractivity contribution in [3.05, 3.63) is 48.0 Å². The highest BCUT2D eigenvalue weighted by molar-refractivity contribution is 5.89. The molecule has 0 saturated carbocycles. The van der Waals surface area contributed by atoms with E-state index in [2.05, 4.69) is 17.4 Å². The molecule has 8 nitrogen and oxygen atoms in total. The number of carbonyl (C=O) groups excluding carboxylic acids is 2. The van der Waals surface area contributed by atoms with Gasteiger partial charge in [-0.2, -0.15) is 0 Å². The van der Waals surface area contributed by atoms with E-state index in [1.54, 1.807) is 11.0 Å². The van der Waals surface area contributed by atoms with Gasteiger partial charge in [0.05, 0.1) is 0 Å². The highest BCUT2D eigenvalue weighted by Crippen LogP contribution is 2.18. The van der Waals surface area contributed by atoms with Crippen LogP contribution in [0.2, 0.25) is 0 Å². The van der Waals surface area contributed by atoms with Crippen molar-refractivity contribution in [1.82, 2.24) is 10.2 Å². The summed E-state index contributed by atoms with van der Waals surface area (Å²) in [7, 11) is 1.24. The molecule has 1 heterocycles. The van der Waals surface area contributed by atoms with Crippen LogP contribution in [0.15, 0.2) is 42.5 Å². The van der Waals surface area contributed by atoms with Gasteiger partial charge >= 0.3 is 0 Å². The van der Waals surface area contributed by atoms with Crippen LogP contribution in [-0.4, -0.2) is 82.7 Å². The number of rotatable bonds is 11. The van der Waals surface area contributed by atoms with Crippen molar-refractivity contribution in [3.63, 3.8) is 0 Å². The molecule has 4 N–H and O–H groups in total. The molecule has 1 aromatic carbocycles. The van der Waals surface area contributed by atoms with E-state index >= 15 is 0 Å². The van der Waals surface area contributed by atoms with Crippen LogP contribution in [-0.2, 0) is 20.7 Å². The molecule has 0 aliphatic carbocycles. The summed E-state index contributed by atoms with van der Waals surface area (Å²) in [4.78, 5) is 27.8. The molecule has 2 amide bonds. The number of aliphatic hydroxyl groups is 3. The molecular weight excluding hydrogens is 448 g/mol. The molecule has 1 aromatic rings. The molecule has 0 bridgehead atoms. The first-order chi connectivity index (χ1) is 16.5. The number of methoxy groups -OCH3 is 1. The van der Waals surface area contributed by atoms with Gasteiger partial charge in [0.1, 0.15) is 24.4 Å². The van der Waals surface area contributed by atoms with Crippen LogP contribution in [0.1, 0.15) is 52.0 Å². The number of nitrogens with one attached hydrogen (secondary N) is 1. The molecule has 0 radical (unpaired) electrons. The van der Waals surface area contributed by atoms with Crippen molar-refractivity contribution in [2.24, 2.45) is 5.41 Å². The van der Waals surface area contributed by atoms with Crippen LogP contribution < -0.4 is 5.32 Å². The van der Waals surface area contributed by atoms with Gasteiger partial charge in [0.25, 0.3) is 5.91 Å². The monoisotopic (exact) mass is 490 g/mol. The second-order valence-corrected chi connectivity index (χ2v) is 10.3. The summed E-state index contributed by atoms with van der Waals surface area (Å²) in [5.74, 6) is -0.850. The molecule has 2 rings (SSSR count). The number of hydrogen-bond acceptors (Lipinski definition) is 6. The van der Waals surface area contributed by atoms with Crippen molar-refractivity contribution in [2.45, 2.75) is 83.3 Å². The summed E-state index contributed by atoms with van der Waals surface area (Å²) < 4.78 is 5.16. The molecule has 1 fully saturated rings. The van der Waals surface area contributed by atoms with Crippen molar-refractivity contribution < 1.29 is 29.6 Å². The van der Waals surface area contributed by atoms with Gasteiger partial charge in [-0.1, -0.05) is 63.3 Å². The van der Waals surface area contributed by atoms with Gasteiger partial charge < -0.3 is 30.3 Å².